The number of amides is 2. The number of nitrogens with zero attached hydrogens (tertiary/aromatic N) is 2. The predicted molar refractivity (Wildman–Crippen MR) is 161 cm³/mol. The molecule has 0 saturated heterocycles. The van der Waals surface area contributed by atoms with Gasteiger partial charge in [-0.2, -0.15) is 0 Å². The highest BCUT2D eigenvalue weighted by molar-refractivity contribution is 7.92. The van der Waals surface area contributed by atoms with Crippen LogP contribution in [0.1, 0.15) is 49.8 Å². The van der Waals surface area contributed by atoms with Gasteiger partial charge in [-0.3, -0.25) is 13.9 Å². The van der Waals surface area contributed by atoms with E-state index in [0.717, 1.165) is 33.8 Å². The first-order valence-electron chi connectivity index (χ1n) is 13.5. The maximum absolute atomic E-state index is 14.1. The van der Waals surface area contributed by atoms with Gasteiger partial charge in [-0.05, 0) is 68.1 Å². The van der Waals surface area contributed by atoms with E-state index < -0.39 is 28.5 Å². The van der Waals surface area contributed by atoms with Crippen LogP contribution in [-0.2, 0) is 26.2 Å². The molecule has 1 N–H and O–H groups in total. The molecular weight excluding hydrogens is 546 g/mol. The molecular formula is C31H38ClN3O4S. The van der Waals surface area contributed by atoms with Crippen LogP contribution in [-0.4, -0.2) is 44.3 Å². The molecule has 0 bridgehead atoms. The Kier molecular flexibility index (Phi) is 11.2. The first kappa shape index (κ1) is 31.2. The van der Waals surface area contributed by atoms with Gasteiger partial charge in [0.15, 0.2) is 0 Å². The number of carbonyl (C=O) groups excluding carboxylic acids is 2. The fourth-order valence-corrected chi connectivity index (χ4v) is 5.98. The van der Waals surface area contributed by atoms with Crippen molar-refractivity contribution in [3.05, 3.63) is 94.5 Å². The molecule has 0 spiro atoms. The van der Waals surface area contributed by atoms with Crippen LogP contribution < -0.4 is 9.62 Å². The van der Waals surface area contributed by atoms with E-state index in [4.69, 9.17) is 11.6 Å². The van der Waals surface area contributed by atoms with Crippen molar-refractivity contribution in [3.63, 3.8) is 0 Å². The molecule has 1 atom stereocenters. The molecule has 0 saturated carbocycles. The van der Waals surface area contributed by atoms with E-state index >= 15 is 0 Å². The van der Waals surface area contributed by atoms with Gasteiger partial charge in [-0.25, -0.2) is 8.42 Å². The molecule has 0 fully saturated rings. The second kappa shape index (κ2) is 14.3. The highest BCUT2D eigenvalue weighted by atomic mass is 35.5. The molecule has 9 heteroatoms. The number of sulfonamides is 1. The number of nitrogens with one attached hydrogen (secondary N) is 1. The molecule has 214 valence electrons. The third-order valence-electron chi connectivity index (χ3n) is 6.80. The lowest BCUT2D eigenvalue weighted by Crippen LogP contribution is -2.52. The number of benzene rings is 3. The zero-order valence-electron chi connectivity index (χ0n) is 23.6. The summed E-state index contributed by atoms with van der Waals surface area (Å²) in [5.41, 5.74) is 3.03. The maximum Gasteiger partial charge on any atom is 0.264 e. The molecule has 3 aromatic carbocycles. The number of aryl methyl sites for hydroxylation is 2. The summed E-state index contributed by atoms with van der Waals surface area (Å²) in [6, 6.07) is 19.7. The van der Waals surface area contributed by atoms with Gasteiger partial charge in [0.05, 0.1) is 10.6 Å². The summed E-state index contributed by atoms with van der Waals surface area (Å²) in [7, 11) is -4.14. The highest BCUT2D eigenvalue weighted by Gasteiger charge is 2.33. The first-order chi connectivity index (χ1) is 19.1. The van der Waals surface area contributed by atoms with E-state index in [-0.39, 0.29) is 23.0 Å². The molecule has 0 aliphatic carbocycles. The van der Waals surface area contributed by atoms with Crippen LogP contribution in [0.15, 0.2) is 77.7 Å². The monoisotopic (exact) mass is 583 g/mol. The van der Waals surface area contributed by atoms with Gasteiger partial charge < -0.3 is 10.2 Å². The van der Waals surface area contributed by atoms with Crippen molar-refractivity contribution in [2.75, 3.05) is 17.4 Å². The van der Waals surface area contributed by atoms with Crippen molar-refractivity contribution >= 4 is 39.1 Å². The molecule has 0 aliphatic rings. The second-order valence-electron chi connectivity index (χ2n) is 9.82. The molecule has 0 aromatic heterocycles. The van der Waals surface area contributed by atoms with Gasteiger partial charge in [-0.1, -0.05) is 79.9 Å². The molecule has 0 unspecified atom stereocenters. The summed E-state index contributed by atoms with van der Waals surface area (Å²) in [5, 5.41) is 3.28. The highest BCUT2D eigenvalue weighted by Crippen LogP contribution is 2.27. The van der Waals surface area contributed by atoms with E-state index in [0.29, 0.717) is 18.0 Å². The Hall–Kier alpha value is -3.36. The molecule has 40 heavy (non-hydrogen) atoms. The minimum Gasteiger partial charge on any atom is -0.354 e. The van der Waals surface area contributed by atoms with Gasteiger partial charge in [0.25, 0.3) is 10.0 Å². The van der Waals surface area contributed by atoms with Crippen LogP contribution in [0.5, 0.6) is 0 Å². The summed E-state index contributed by atoms with van der Waals surface area (Å²) in [6.45, 7) is 7.88. The minimum absolute atomic E-state index is 0.0562. The molecule has 7 nitrogen and oxygen atoms in total. The van der Waals surface area contributed by atoms with Crippen LogP contribution in [0, 0.1) is 13.8 Å². The van der Waals surface area contributed by atoms with Crippen LogP contribution >= 0.6 is 11.6 Å². The second-order valence-corrected chi connectivity index (χ2v) is 12.1. The molecule has 3 rings (SSSR count). The number of halogens is 1. The Balaban J connectivity index is 2.05. The average molecular weight is 584 g/mol. The van der Waals surface area contributed by atoms with Crippen LogP contribution in [0.4, 0.5) is 5.69 Å². The van der Waals surface area contributed by atoms with E-state index in [1.165, 1.54) is 23.1 Å². The number of hydrogen-bond donors (Lipinski definition) is 1. The fourth-order valence-electron chi connectivity index (χ4n) is 4.39. The zero-order valence-corrected chi connectivity index (χ0v) is 25.1. The third-order valence-corrected chi connectivity index (χ3v) is 8.82. The van der Waals surface area contributed by atoms with E-state index in [9.17, 15) is 18.0 Å². The summed E-state index contributed by atoms with van der Waals surface area (Å²) < 4.78 is 28.9. The number of hydrogen-bond acceptors (Lipinski definition) is 4. The smallest absolute Gasteiger partial charge is 0.264 e. The van der Waals surface area contributed by atoms with Crippen molar-refractivity contribution < 1.29 is 18.0 Å². The van der Waals surface area contributed by atoms with Crippen LogP contribution in [0.3, 0.4) is 0 Å². The quantitative estimate of drug-likeness (QED) is 0.255. The van der Waals surface area contributed by atoms with Crippen LogP contribution in [0.25, 0.3) is 0 Å². The largest absolute Gasteiger partial charge is 0.354 e. The van der Waals surface area contributed by atoms with Crippen molar-refractivity contribution in [2.24, 2.45) is 0 Å². The summed E-state index contributed by atoms with van der Waals surface area (Å²) in [6.07, 6.45) is 2.12. The number of carbonyl (C=O) groups is 2. The SMILES string of the molecule is CCCCNC(=O)[C@@H](CC)N(Cc1ccccc1C)C(=O)CN(c1cccc(Cl)c1)S(=O)(=O)c1ccc(C)cc1. The maximum atomic E-state index is 14.1. The van der Waals surface area contributed by atoms with Crippen molar-refractivity contribution in [3.8, 4) is 0 Å². The van der Waals surface area contributed by atoms with Gasteiger partial charge in [0, 0.05) is 18.1 Å². The normalized spacial score (nSPS) is 12.0. The Labute approximate surface area is 243 Å². The molecule has 2 amide bonds. The number of unbranched alkanes of at least 4 members (excludes halogenated alkanes) is 1. The van der Waals surface area contributed by atoms with Gasteiger partial charge in [0.1, 0.15) is 12.6 Å². The molecule has 0 aliphatic heterocycles. The van der Waals surface area contributed by atoms with E-state index in [1.807, 2.05) is 52.0 Å². The van der Waals surface area contributed by atoms with Gasteiger partial charge in [-0.15, -0.1) is 0 Å². The van der Waals surface area contributed by atoms with Crippen molar-refractivity contribution in [2.45, 2.75) is 64.4 Å². The number of anilines is 1. The Bertz CT molecular complexity index is 1410. The first-order valence-corrected chi connectivity index (χ1v) is 15.4. The molecule has 0 radical (unpaired) electrons. The van der Waals surface area contributed by atoms with E-state index in [1.54, 1.807) is 30.3 Å². The summed E-state index contributed by atoms with van der Waals surface area (Å²) >= 11 is 6.23. The molecule has 0 heterocycles. The van der Waals surface area contributed by atoms with Gasteiger partial charge >= 0.3 is 0 Å². The zero-order chi connectivity index (χ0) is 29.3. The van der Waals surface area contributed by atoms with E-state index in [2.05, 4.69) is 5.32 Å². The topological polar surface area (TPSA) is 86.8 Å². The Morgan fingerprint density at radius 3 is 2.27 bits per heavy atom. The summed E-state index contributed by atoms with van der Waals surface area (Å²) in [4.78, 5) is 28.9. The predicted octanol–water partition coefficient (Wildman–Crippen LogP) is 5.88. The van der Waals surface area contributed by atoms with Gasteiger partial charge in [0.2, 0.25) is 11.8 Å². The standard InChI is InChI=1S/C31H38ClN3O4S/c1-5-7-19-33-31(37)29(6-2)34(21-25-12-9-8-11-24(25)4)30(36)22-35(27-14-10-13-26(32)20-27)40(38,39)28-17-15-23(3)16-18-28/h8-18,20,29H,5-7,19,21-22H2,1-4H3,(H,33,37)/t29-/m1/s1. The average Bonchev–Trinajstić information content (AvgIpc) is 2.92. The molecule has 3 aromatic rings. The fraction of sp³-hybridized carbons (Fsp3) is 0.355. The minimum atomic E-state index is -4.14. The number of rotatable bonds is 13. The summed E-state index contributed by atoms with van der Waals surface area (Å²) in [5.74, 6) is -0.745. The Morgan fingerprint density at radius 1 is 0.950 bits per heavy atom. The lowest BCUT2D eigenvalue weighted by molar-refractivity contribution is -0.140. The lowest BCUT2D eigenvalue weighted by atomic mass is 10.1. The third kappa shape index (κ3) is 7.86. The van der Waals surface area contributed by atoms with Crippen molar-refractivity contribution in [1.29, 1.82) is 0 Å². The van der Waals surface area contributed by atoms with Crippen LogP contribution in [0.2, 0.25) is 5.02 Å². The van der Waals surface area contributed by atoms with Crippen molar-refractivity contribution in [1.82, 2.24) is 10.2 Å². The lowest BCUT2D eigenvalue weighted by Gasteiger charge is -2.33. The Morgan fingerprint density at radius 2 is 1.65 bits per heavy atom.